The van der Waals surface area contributed by atoms with Crippen molar-refractivity contribution in [3.8, 4) is 29.4 Å². The smallest absolute Gasteiger partial charge is 0.175 e. The van der Waals surface area contributed by atoms with Crippen LogP contribution in [0, 0.1) is 12.3 Å². The molecule has 4 rings (SSSR count). The summed E-state index contributed by atoms with van der Waals surface area (Å²) < 4.78 is 0. The van der Waals surface area contributed by atoms with Crippen molar-refractivity contribution in [1.29, 1.82) is 0 Å². The summed E-state index contributed by atoms with van der Waals surface area (Å²) in [5, 5.41) is 32.7. The van der Waals surface area contributed by atoms with Crippen LogP contribution in [0.3, 0.4) is 0 Å². The van der Waals surface area contributed by atoms with Crippen LogP contribution in [0.1, 0.15) is 25.3 Å². The van der Waals surface area contributed by atoms with Gasteiger partial charge in [-0.05, 0) is 38.0 Å². The monoisotopic (exact) mass is 347 g/mol. The Hall–Kier alpha value is -3.24. The predicted octanol–water partition coefficient (Wildman–Crippen LogP) is 2.10. The van der Waals surface area contributed by atoms with Gasteiger partial charge in [0, 0.05) is 23.4 Å². The van der Waals surface area contributed by atoms with E-state index in [4.69, 9.17) is 6.42 Å². The normalized spacial score (nSPS) is 21.8. The highest BCUT2D eigenvalue weighted by Gasteiger charge is 2.38. The molecule has 3 N–H and O–H groups in total. The number of phenols is 1. The van der Waals surface area contributed by atoms with Crippen LogP contribution in [0.5, 0.6) is 5.75 Å². The minimum Gasteiger partial charge on any atom is -0.507 e. The van der Waals surface area contributed by atoms with Crippen molar-refractivity contribution in [2.75, 3.05) is 5.32 Å². The molecule has 7 nitrogen and oxygen atoms in total. The third kappa shape index (κ3) is 2.80. The number of aromatic hydroxyl groups is 1. The minimum atomic E-state index is -0.639. The summed E-state index contributed by atoms with van der Waals surface area (Å²) in [6, 6.07) is 5.06. The molecule has 3 aromatic rings. The van der Waals surface area contributed by atoms with Crippen molar-refractivity contribution >= 4 is 16.7 Å². The molecule has 0 atom stereocenters. The summed E-state index contributed by atoms with van der Waals surface area (Å²) in [6.45, 7) is 1.81. The largest absolute Gasteiger partial charge is 0.507 e. The quantitative estimate of drug-likeness (QED) is 0.623. The number of benzene rings is 1. The molecule has 0 aliphatic heterocycles. The average Bonchev–Trinajstić information content (AvgIpc) is 2.61. The highest BCUT2D eigenvalue weighted by molar-refractivity contribution is 5.98. The van der Waals surface area contributed by atoms with Gasteiger partial charge in [-0.1, -0.05) is 5.92 Å². The van der Waals surface area contributed by atoms with Crippen LogP contribution >= 0.6 is 0 Å². The lowest BCUT2D eigenvalue weighted by atomic mass is 9.77. The fourth-order valence-electron chi connectivity index (χ4n) is 3.31. The van der Waals surface area contributed by atoms with E-state index in [1.54, 1.807) is 18.3 Å². The molecule has 1 aromatic carbocycles. The van der Waals surface area contributed by atoms with Crippen molar-refractivity contribution < 1.29 is 10.2 Å². The highest BCUT2D eigenvalue weighted by Crippen LogP contribution is 2.37. The van der Waals surface area contributed by atoms with Crippen LogP contribution in [-0.4, -0.2) is 42.0 Å². The van der Waals surface area contributed by atoms with Gasteiger partial charge in [-0.3, -0.25) is 0 Å². The molecule has 0 amide bonds. The third-order valence-corrected chi connectivity index (χ3v) is 4.57. The van der Waals surface area contributed by atoms with Gasteiger partial charge in [-0.2, -0.15) is 0 Å². The maximum Gasteiger partial charge on any atom is 0.175 e. The van der Waals surface area contributed by atoms with Gasteiger partial charge in [0.05, 0.1) is 11.0 Å². The molecule has 7 heteroatoms. The molecule has 0 bridgehead atoms. The van der Waals surface area contributed by atoms with Crippen molar-refractivity contribution in [2.45, 2.75) is 31.4 Å². The Bertz CT molecular complexity index is 1030. The topological polar surface area (TPSA) is 104 Å². The van der Waals surface area contributed by atoms with E-state index >= 15 is 0 Å². The molecule has 1 aliphatic rings. The summed E-state index contributed by atoms with van der Waals surface area (Å²) in [5.74, 6) is 3.04. The van der Waals surface area contributed by atoms with E-state index in [9.17, 15) is 10.2 Å². The van der Waals surface area contributed by atoms with E-state index in [0.717, 1.165) is 0 Å². The van der Waals surface area contributed by atoms with E-state index < -0.39 is 5.60 Å². The number of phenolic OH excluding ortho intramolecular Hbond substituents is 1. The Balaban J connectivity index is 1.76. The second kappa shape index (κ2) is 5.93. The minimum absolute atomic E-state index is 0.0238. The average molecular weight is 347 g/mol. The summed E-state index contributed by atoms with van der Waals surface area (Å²) >= 11 is 0. The van der Waals surface area contributed by atoms with Crippen molar-refractivity contribution in [3.63, 3.8) is 0 Å². The van der Waals surface area contributed by atoms with Crippen molar-refractivity contribution in [1.82, 2.24) is 20.2 Å². The van der Waals surface area contributed by atoms with Crippen molar-refractivity contribution in [3.05, 3.63) is 36.3 Å². The lowest BCUT2D eigenvalue weighted by molar-refractivity contribution is -0.0235. The van der Waals surface area contributed by atoms with Gasteiger partial charge in [-0.25, -0.2) is 9.97 Å². The number of hydrogen-bond donors (Lipinski definition) is 3. The Morgan fingerprint density at radius 2 is 2.12 bits per heavy atom. The number of fused-ring (bicyclic) bond motifs is 1. The Kier molecular flexibility index (Phi) is 3.71. The number of rotatable bonds is 3. The predicted molar refractivity (Wildman–Crippen MR) is 97.4 cm³/mol. The van der Waals surface area contributed by atoms with Gasteiger partial charge >= 0.3 is 0 Å². The molecule has 0 saturated heterocycles. The number of nitrogens with one attached hydrogen (secondary N) is 1. The first-order valence-corrected chi connectivity index (χ1v) is 8.22. The maximum absolute atomic E-state index is 10.3. The zero-order valence-electron chi connectivity index (χ0n) is 14.1. The number of hydrogen-bond acceptors (Lipinski definition) is 7. The number of aliphatic hydroxyl groups is 1. The van der Waals surface area contributed by atoms with Gasteiger partial charge < -0.3 is 15.5 Å². The summed E-state index contributed by atoms with van der Waals surface area (Å²) in [4.78, 5) is 8.41. The molecule has 0 radical (unpaired) electrons. The molecule has 26 heavy (non-hydrogen) atoms. The molecular weight excluding hydrogens is 330 g/mol. The van der Waals surface area contributed by atoms with Gasteiger partial charge in [0.15, 0.2) is 5.82 Å². The number of aromatic nitrogens is 4. The van der Waals surface area contributed by atoms with Crippen LogP contribution in [0.25, 0.3) is 22.2 Å². The molecule has 0 unspecified atom stereocenters. The van der Waals surface area contributed by atoms with Gasteiger partial charge in [0.2, 0.25) is 0 Å². The SMILES string of the molecule is C#Cc1ccc(-c2nnc(NC3CC(C)(O)C3)c3ncncc23)c(O)c1. The van der Waals surface area contributed by atoms with Crippen LogP contribution in [0.2, 0.25) is 0 Å². The van der Waals surface area contributed by atoms with Gasteiger partial charge in [0.1, 0.15) is 23.3 Å². The maximum atomic E-state index is 10.3. The van der Waals surface area contributed by atoms with Crippen LogP contribution < -0.4 is 5.32 Å². The van der Waals surface area contributed by atoms with E-state index in [2.05, 4.69) is 31.4 Å². The van der Waals surface area contributed by atoms with Crippen molar-refractivity contribution in [2.24, 2.45) is 0 Å². The van der Waals surface area contributed by atoms with E-state index in [-0.39, 0.29) is 11.8 Å². The molecule has 0 spiro atoms. The number of anilines is 1. The molecule has 1 aliphatic carbocycles. The fourth-order valence-corrected chi connectivity index (χ4v) is 3.31. The first-order chi connectivity index (χ1) is 12.5. The lowest BCUT2D eigenvalue weighted by Gasteiger charge is -2.41. The van der Waals surface area contributed by atoms with Crippen LogP contribution in [0.4, 0.5) is 5.82 Å². The first kappa shape index (κ1) is 16.2. The molecule has 2 heterocycles. The number of nitrogens with zero attached hydrogens (tertiary/aromatic N) is 4. The summed E-state index contributed by atoms with van der Waals surface area (Å²) in [5.41, 5.74) is 1.54. The second-order valence-corrected chi connectivity index (χ2v) is 6.80. The van der Waals surface area contributed by atoms with Crippen LogP contribution in [-0.2, 0) is 0 Å². The molecule has 2 aromatic heterocycles. The highest BCUT2D eigenvalue weighted by atomic mass is 16.3. The fraction of sp³-hybridized carbons (Fsp3) is 0.263. The van der Waals surface area contributed by atoms with Gasteiger partial charge in [-0.15, -0.1) is 16.6 Å². The van der Waals surface area contributed by atoms with E-state index in [1.807, 2.05) is 6.92 Å². The Morgan fingerprint density at radius 3 is 2.81 bits per heavy atom. The van der Waals surface area contributed by atoms with Gasteiger partial charge in [0.25, 0.3) is 0 Å². The standard InChI is InChI=1S/C19H17N5O2/c1-3-11-4-5-13(15(25)6-11)16-14-9-20-10-21-17(14)18(24-23-16)22-12-7-19(2,26)8-12/h1,4-6,9-10,12,25-26H,7-8H2,2H3,(H,22,24). The van der Waals surface area contributed by atoms with E-state index in [0.29, 0.717) is 46.4 Å². The third-order valence-electron chi connectivity index (χ3n) is 4.57. The molecule has 1 saturated carbocycles. The second-order valence-electron chi connectivity index (χ2n) is 6.80. The lowest BCUT2D eigenvalue weighted by Crippen LogP contribution is -2.48. The Labute approximate surface area is 150 Å². The summed E-state index contributed by atoms with van der Waals surface area (Å²) in [6.07, 6.45) is 9.72. The Morgan fingerprint density at radius 1 is 1.31 bits per heavy atom. The number of terminal acetylenes is 1. The molecule has 130 valence electrons. The zero-order valence-corrected chi connectivity index (χ0v) is 14.1. The zero-order chi connectivity index (χ0) is 18.3. The molecule has 1 fully saturated rings. The van der Waals surface area contributed by atoms with Crippen LogP contribution in [0.15, 0.2) is 30.7 Å². The molecular formula is C19H17N5O2. The summed E-state index contributed by atoms with van der Waals surface area (Å²) in [7, 11) is 0. The van der Waals surface area contributed by atoms with E-state index in [1.165, 1.54) is 12.4 Å². The first-order valence-electron chi connectivity index (χ1n) is 8.22.